The molecular formula is C22H22ClN7O2. The molecule has 2 aromatic carbocycles. The van der Waals surface area contributed by atoms with E-state index >= 15 is 0 Å². The van der Waals surface area contributed by atoms with Crippen LogP contribution in [0.4, 0.5) is 28.8 Å². The van der Waals surface area contributed by atoms with Crippen molar-refractivity contribution in [2.45, 2.75) is 6.54 Å². The fourth-order valence-electron chi connectivity index (χ4n) is 3.39. The Morgan fingerprint density at radius 2 is 1.97 bits per heavy atom. The fraction of sp³-hybridized carbons (Fsp3) is 0.182. The van der Waals surface area contributed by atoms with E-state index in [4.69, 9.17) is 11.6 Å². The summed E-state index contributed by atoms with van der Waals surface area (Å²) in [5, 5.41) is 12.1. The van der Waals surface area contributed by atoms with Crippen molar-refractivity contribution in [1.82, 2.24) is 20.2 Å². The number of anilines is 5. The van der Waals surface area contributed by atoms with Gasteiger partial charge in [-0.2, -0.15) is 4.98 Å². The van der Waals surface area contributed by atoms with Crippen LogP contribution in [0.25, 0.3) is 0 Å². The first kappa shape index (κ1) is 21.5. The van der Waals surface area contributed by atoms with Crippen LogP contribution in [-0.2, 0) is 11.3 Å². The van der Waals surface area contributed by atoms with Crippen molar-refractivity contribution in [1.29, 1.82) is 0 Å². The molecule has 0 aliphatic carbocycles. The molecule has 1 aliphatic rings. The summed E-state index contributed by atoms with van der Waals surface area (Å²) in [6.45, 7) is 1.01. The molecule has 0 saturated heterocycles. The van der Waals surface area contributed by atoms with Gasteiger partial charge in [0.2, 0.25) is 11.9 Å². The maximum atomic E-state index is 12.1. The van der Waals surface area contributed by atoms with Gasteiger partial charge in [-0.1, -0.05) is 29.8 Å². The van der Waals surface area contributed by atoms with Crippen molar-refractivity contribution >= 4 is 52.2 Å². The van der Waals surface area contributed by atoms with E-state index in [2.05, 4.69) is 31.2 Å². The van der Waals surface area contributed by atoms with Gasteiger partial charge in [-0.25, -0.2) is 4.98 Å². The van der Waals surface area contributed by atoms with Gasteiger partial charge < -0.3 is 21.3 Å². The Labute approximate surface area is 190 Å². The largest absolute Gasteiger partial charge is 0.355 e. The molecule has 2 heterocycles. The van der Waals surface area contributed by atoms with Crippen LogP contribution in [0, 0.1) is 0 Å². The Bertz CT molecular complexity index is 1180. The SMILES string of the molecule is CNC(=O)c1ccccc1Nc1nc(Nc2ccc3c(c2)NC(=O)CN(C)C3)ncc1Cl. The average molecular weight is 452 g/mol. The first-order valence-corrected chi connectivity index (χ1v) is 10.3. The maximum absolute atomic E-state index is 12.1. The molecule has 2 amide bonds. The predicted molar refractivity (Wildman–Crippen MR) is 125 cm³/mol. The van der Waals surface area contributed by atoms with E-state index in [1.807, 2.05) is 36.2 Å². The lowest BCUT2D eigenvalue weighted by atomic mass is 10.1. The van der Waals surface area contributed by atoms with Gasteiger partial charge in [0, 0.05) is 25.0 Å². The van der Waals surface area contributed by atoms with Gasteiger partial charge >= 0.3 is 0 Å². The van der Waals surface area contributed by atoms with Gasteiger partial charge in [-0.05, 0) is 36.9 Å². The molecule has 0 fully saturated rings. The predicted octanol–water partition coefficient (Wildman–Crippen LogP) is 3.36. The number of carbonyl (C=O) groups excluding carboxylic acids is 2. The van der Waals surface area contributed by atoms with Crippen LogP contribution >= 0.6 is 11.6 Å². The summed E-state index contributed by atoms with van der Waals surface area (Å²) in [6, 6.07) is 12.8. The van der Waals surface area contributed by atoms with Gasteiger partial charge in [-0.3, -0.25) is 14.5 Å². The minimum absolute atomic E-state index is 0.0626. The molecule has 164 valence electrons. The van der Waals surface area contributed by atoms with Gasteiger partial charge in [0.15, 0.2) is 5.82 Å². The Morgan fingerprint density at radius 3 is 2.78 bits per heavy atom. The number of nitrogens with one attached hydrogen (secondary N) is 4. The second-order valence-corrected chi connectivity index (χ2v) is 7.76. The molecular weight excluding hydrogens is 430 g/mol. The molecule has 32 heavy (non-hydrogen) atoms. The van der Waals surface area contributed by atoms with E-state index in [0.717, 1.165) is 11.3 Å². The van der Waals surface area contributed by atoms with E-state index < -0.39 is 0 Å². The number of nitrogens with zero attached hydrogens (tertiary/aromatic N) is 3. The van der Waals surface area contributed by atoms with Gasteiger partial charge in [-0.15, -0.1) is 0 Å². The third kappa shape index (κ3) is 4.79. The molecule has 0 bridgehead atoms. The second kappa shape index (κ2) is 9.21. The third-order valence-electron chi connectivity index (χ3n) is 4.89. The number of benzene rings is 2. The van der Waals surface area contributed by atoms with Crippen LogP contribution in [0.5, 0.6) is 0 Å². The van der Waals surface area contributed by atoms with Crippen molar-refractivity contribution in [3.63, 3.8) is 0 Å². The zero-order valence-electron chi connectivity index (χ0n) is 17.6. The summed E-state index contributed by atoms with van der Waals surface area (Å²) in [5.74, 6) is 0.373. The Balaban J connectivity index is 1.58. The molecule has 0 unspecified atom stereocenters. The van der Waals surface area contributed by atoms with E-state index in [1.165, 1.54) is 6.20 Å². The van der Waals surface area contributed by atoms with Crippen LogP contribution < -0.4 is 21.3 Å². The van der Waals surface area contributed by atoms with E-state index in [9.17, 15) is 9.59 Å². The molecule has 4 rings (SSSR count). The molecule has 1 aromatic heterocycles. The van der Waals surface area contributed by atoms with E-state index in [1.54, 1.807) is 25.2 Å². The second-order valence-electron chi connectivity index (χ2n) is 7.36. The highest BCUT2D eigenvalue weighted by Gasteiger charge is 2.17. The number of likely N-dealkylation sites (N-methyl/N-ethyl adjacent to an activating group) is 1. The summed E-state index contributed by atoms with van der Waals surface area (Å²) >= 11 is 6.29. The van der Waals surface area contributed by atoms with E-state index in [0.29, 0.717) is 46.8 Å². The molecule has 0 radical (unpaired) electrons. The molecule has 10 heteroatoms. The lowest BCUT2D eigenvalue weighted by Crippen LogP contribution is -2.26. The molecule has 0 saturated carbocycles. The molecule has 0 atom stereocenters. The van der Waals surface area contributed by atoms with Crippen molar-refractivity contribution < 1.29 is 9.59 Å². The number of para-hydroxylation sites is 1. The van der Waals surface area contributed by atoms with Crippen molar-refractivity contribution in [3.8, 4) is 0 Å². The normalized spacial score (nSPS) is 13.5. The first-order chi connectivity index (χ1) is 15.4. The zero-order valence-corrected chi connectivity index (χ0v) is 18.3. The van der Waals surface area contributed by atoms with Crippen LogP contribution in [0.2, 0.25) is 5.02 Å². The number of halogens is 1. The number of carbonyl (C=O) groups is 2. The summed E-state index contributed by atoms with van der Waals surface area (Å²) in [6.07, 6.45) is 1.47. The molecule has 3 aromatic rings. The lowest BCUT2D eigenvalue weighted by molar-refractivity contribution is -0.116. The first-order valence-electron chi connectivity index (χ1n) is 9.92. The Hall–Kier alpha value is -3.69. The van der Waals surface area contributed by atoms with Gasteiger partial charge in [0.25, 0.3) is 5.91 Å². The highest BCUT2D eigenvalue weighted by molar-refractivity contribution is 6.33. The Morgan fingerprint density at radius 1 is 1.16 bits per heavy atom. The summed E-state index contributed by atoms with van der Waals surface area (Å²) < 4.78 is 0. The van der Waals surface area contributed by atoms with Crippen LogP contribution in [-0.4, -0.2) is 47.3 Å². The number of amides is 2. The quantitative estimate of drug-likeness (QED) is 0.470. The number of rotatable bonds is 5. The molecule has 4 N–H and O–H groups in total. The minimum Gasteiger partial charge on any atom is -0.355 e. The van der Waals surface area contributed by atoms with Crippen LogP contribution in [0.15, 0.2) is 48.7 Å². The average Bonchev–Trinajstić information content (AvgIpc) is 2.91. The van der Waals surface area contributed by atoms with E-state index in [-0.39, 0.29) is 11.8 Å². The zero-order chi connectivity index (χ0) is 22.7. The highest BCUT2D eigenvalue weighted by atomic mass is 35.5. The number of hydrogen-bond acceptors (Lipinski definition) is 7. The van der Waals surface area contributed by atoms with Gasteiger partial charge in [0.1, 0.15) is 5.02 Å². The lowest BCUT2D eigenvalue weighted by Gasteiger charge is -2.14. The third-order valence-corrected chi connectivity index (χ3v) is 5.17. The van der Waals surface area contributed by atoms with Gasteiger partial charge in [0.05, 0.1) is 24.0 Å². The summed E-state index contributed by atoms with van der Waals surface area (Å²) in [5.41, 5.74) is 3.51. The monoisotopic (exact) mass is 451 g/mol. The minimum atomic E-state index is -0.228. The number of aromatic nitrogens is 2. The molecule has 0 spiro atoms. The standard InChI is InChI=1S/C22H22ClN7O2/c1-24-21(32)15-5-3-4-6-17(15)28-20-16(23)10-25-22(29-20)26-14-8-7-13-11-30(2)12-19(31)27-18(13)9-14/h3-10H,11-12H2,1-2H3,(H,24,32)(H,27,31)(H2,25,26,28,29). The van der Waals surface area contributed by atoms with Crippen LogP contribution in [0.3, 0.4) is 0 Å². The van der Waals surface area contributed by atoms with Crippen LogP contribution in [0.1, 0.15) is 15.9 Å². The van der Waals surface area contributed by atoms with Crippen molar-refractivity contribution in [2.75, 3.05) is 36.6 Å². The smallest absolute Gasteiger partial charge is 0.253 e. The number of hydrogen-bond donors (Lipinski definition) is 4. The maximum Gasteiger partial charge on any atom is 0.253 e. The molecule has 9 nitrogen and oxygen atoms in total. The highest BCUT2D eigenvalue weighted by Crippen LogP contribution is 2.29. The Kier molecular flexibility index (Phi) is 6.20. The fourth-order valence-corrected chi connectivity index (χ4v) is 3.52. The summed E-state index contributed by atoms with van der Waals surface area (Å²) in [4.78, 5) is 34.8. The van der Waals surface area contributed by atoms with Crippen molar-refractivity contribution in [2.24, 2.45) is 0 Å². The molecule has 1 aliphatic heterocycles. The summed E-state index contributed by atoms with van der Waals surface area (Å²) in [7, 11) is 3.47. The van der Waals surface area contributed by atoms with Crippen molar-refractivity contribution in [3.05, 3.63) is 64.8 Å². The topological polar surface area (TPSA) is 111 Å². The number of fused-ring (bicyclic) bond motifs is 1.